The fourth-order valence-electron chi connectivity index (χ4n) is 2.14. The first kappa shape index (κ1) is 14.0. The second kappa shape index (κ2) is 6.15. The molecular formula is C14H18N6. The number of nitriles is 1. The maximum Gasteiger partial charge on any atom is 0.144 e. The highest BCUT2D eigenvalue weighted by atomic mass is 15.3. The Morgan fingerprint density at radius 2 is 2.20 bits per heavy atom. The Balaban J connectivity index is 2.07. The molecule has 0 aliphatic rings. The van der Waals surface area contributed by atoms with Gasteiger partial charge in [-0.15, -0.1) is 10.2 Å². The van der Waals surface area contributed by atoms with Crippen molar-refractivity contribution in [2.75, 3.05) is 11.9 Å². The average Bonchev–Trinajstić information content (AvgIpc) is 2.86. The topological polar surface area (TPSA) is 79.4 Å². The molecule has 2 aromatic rings. The molecule has 2 rings (SSSR count). The molecule has 0 saturated carbocycles. The molecule has 0 amide bonds. The van der Waals surface area contributed by atoms with Crippen LogP contribution in [0, 0.1) is 25.2 Å². The van der Waals surface area contributed by atoms with Gasteiger partial charge in [-0.05, 0) is 32.4 Å². The van der Waals surface area contributed by atoms with E-state index in [9.17, 15) is 5.26 Å². The van der Waals surface area contributed by atoms with Gasteiger partial charge in [-0.3, -0.25) is 0 Å². The van der Waals surface area contributed by atoms with Crippen LogP contribution in [0.5, 0.6) is 0 Å². The van der Waals surface area contributed by atoms with E-state index < -0.39 is 0 Å². The van der Waals surface area contributed by atoms with Crippen molar-refractivity contribution in [3.63, 3.8) is 0 Å². The van der Waals surface area contributed by atoms with Crippen molar-refractivity contribution in [3.05, 3.63) is 35.0 Å². The number of nitrogens with one attached hydrogen (secondary N) is 1. The van der Waals surface area contributed by atoms with Crippen LogP contribution in [0.1, 0.15) is 29.6 Å². The number of pyridine rings is 1. The summed E-state index contributed by atoms with van der Waals surface area (Å²) in [5.41, 5.74) is 2.45. The molecule has 1 N–H and O–H groups in total. The Hall–Kier alpha value is -2.42. The number of aryl methyl sites for hydroxylation is 3. The average molecular weight is 270 g/mol. The Kier molecular flexibility index (Phi) is 4.31. The predicted octanol–water partition coefficient (Wildman–Crippen LogP) is 1.84. The number of rotatable bonds is 5. The minimum absolute atomic E-state index is 0.604. The molecule has 0 saturated heterocycles. The van der Waals surface area contributed by atoms with Gasteiger partial charge in [-0.25, -0.2) is 4.98 Å². The van der Waals surface area contributed by atoms with Gasteiger partial charge in [-0.1, -0.05) is 0 Å². The molecule has 0 aliphatic heterocycles. The van der Waals surface area contributed by atoms with Crippen molar-refractivity contribution in [1.82, 2.24) is 19.7 Å². The Morgan fingerprint density at radius 3 is 2.90 bits per heavy atom. The van der Waals surface area contributed by atoms with Crippen LogP contribution >= 0.6 is 0 Å². The van der Waals surface area contributed by atoms with Gasteiger partial charge in [0.2, 0.25) is 0 Å². The van der Waals surface area contributed by atoms with Crippen LogP contribution in [0.25, 0.3) is 0 Å². The van der Waals surface area contributed by atoms with Crippen LogP contribution in [-0.4, -0.2) is 26.3 Å². The van der Waals surface area contributed by atoms with Gasteiger partial charge in [0.25, 0.3) is 0 Å². The standard InChI is InChI=1S/C14H18N6/c1-4-20-9-17-19-13(20)5-6-16-14-12(8-15)10(2)7-11(3)18-14/h7,9H,4-6H2,1-3H3,(H,16,18). The highest BCUT2D eigenvalue weighted by Gasteiger charge is 2.09. The van der Waals surface area contributed by atoms with Crippen LogP contribution < -0.4 is 5.32 Å². The summed E-state index contributed by atoms with van der Waals surface area (Å²) >= 11 is 0. The SMILES string of the molecule is CCn1cnnc1CCNc1nc(C)cc(C)c1C#N. The van der Waals surface area contributed by atoms with Crippen LogP contribution in [-0.2, 0) is 13.0 Å². The maximum absolute atomic E-state index is 9.20. The van der Waals surface area contributed by atoms with Crippen molar-refractivity contribution in [2.45, 2.75) is 33.7 Å². The number of hydrogen-bond acceptors (Lipinski definition) is 5. The first-order valence-electron chi connectivity index (χ1n) is 6.64. The lowest BCUT2D eigenvalue weighted by Gasteiger charge is -2.10. The second-order valence-electron chi connectivity index (χ2n) is 4.63. The summed E-state index contributed by atoms with van der Waals surface area (Å²) in [4.78, 5) is 4.39. The maximum atomic E-state index is 9.20. The minimum atomic E-state index is 0.604. The molecule has 0 spiro atoms. The van der Waals surface area contributed by atoms with E-state index in [1.54, 1.807) is 6.33 Å². The third-order valence-electron chi connectivity index (χ3n) is 3.13. The smallest absolute Gasteiger partial charge is 0.144 e. The third kappa shape index (κ3) is 2.94. The first-order chi connectivity index (χ1) is 9.65. The summed E-state index contributed by atoms with van der Waals surface area (Å²) in [6.45, 7) is 7.43. The molecule has 20 heavy (non-hydrogen) atoms. The summed E-state index contributed by atoms with van der Waals surface area (Å²) in [5, 5.41) is 20.4. The van der Waals surface area contributed by atoms with Crippen LogP contribution in [0.15, 0.2) is 12.4 Å². The lowest BCUT2D eigenvalue weighted by atomic mass is 10.1. The highest BCUT2D eigenvalue weighted by Crippen LogP contribution is 2.17. The number of anilines is 1. The zero-order chi connectivity index (χ0) is 14.5. The molecule has 0 unspecified atom stereocenters. The van der Waals surface area contributed by atoms with Crippen molar-refractivity contribution in [3.8, 4) is 6.07 Å². The first-order valence-corrected chi connectivity index (χ1v) is 6.64. The van der Waals surface area contributed by atoms with Gasteiger partial charge in [0, 0.05) is 25.2 Å². The Labute approximate surface area is 118 Å². The van der Waals surface area contributed by atoms with E-state index in [0.29, 0.717) is 17.9 Å². The quantitative estimate of drug-likeness (QED) is 0.896. The highest BCUT2D eigenvalue weighted by molar-refractivity contribution is 5.56. The lowest BCUT2D eigenvalue weighted by molar-refractivity contribution is 0.697. The van der Waals surface area contributed by atoms with E-state index in [0.717, 1.165) is 30.0 Å². The van der Waals surface area contributed by atoms with Gasteiger partial charge in [0.1, 0.15) is 24.0 Å². The molecule has 0 bridgehead atoms. The van der Waals surface area contributed by atoms with Gasteiger partial charge >= 0.3 is 0 Å². The van der Waals surface area contributed by atoms with Gasteiger partial charge in [-0.2, -0.15) is 5.26 Å². The molecule has 0 atom stereocenters. The number of nitrogens with zero attached hydrogens (tertiary/aromatic N) is 5. The summed E-state index contributed by atoms with van der Waals surface area (Å²) in [7, 11) is 0. The summed E-state index contributed by atoms with van der Waals surface area (Å²) < 4.78 is 2.00. The van der Waals surface area contributed by atoms with Crippen LogP contribution in [0.2, 0.25) is 0 Å². The minimum Gasteiger partial charge on any atom is -0.369 e. The van der Waals surface area contributed by atoms with Crippen molar-refractivity contribution >= 4 is 5.82 Å². The van der Waals surface area contributed by atoms with Crippen LogP contribution in [0.4, 0.5) is 5.82 Å². The molecule has 0 radical (unpaired) electrons. The lowest BCUT2D eigenvalue weighted by Crippen LogP contribution is -2.12. The zero-order valence-electron chi connectivity index (χ0n) is 12.0. The Bertz CT molecular complexity index is 638. The molecule has 2 heterocycles. The van der Waals surface area contributed by atoms with E-state index in [2.05, 4.69) is 33.5 Å². The van der Waals surface area contributed by atoms with Crippen LogP contribution in [0.3, 0.4) is 0 Å². The molecule has 0 aromatic carbocycles. The fraction of sp³-hybridized carbons (Fsp3) is 0.429. The van der Waals surface area contributed by atoms with E-state index in [1.165, 1.54) is 0 Å². The summed E-state index contributed by atoms with van der Waals surface area (Å²) in [5.74, 6) is 1.58. The molecule has 0 aliphatic carbocycles. The zero-order valence-corrected chi connectivity index (χ0v) is 12.0. The van der Waals surface area contributed by atoms with E-state index in [-0.39, 0.29) is 0 Å². The number of aromatic nitrogens is 4. The van der Waals surface area contributed by atoms with Crippen molar-refractivity contribution < 1.29 is 0 Å². The molecule has 6 heteroatoms. The van der Waals surface area contributed by atoms with Crippen molar-refractivity contribution in [2.24, 2.45) is 0 Å². The summed E-state index contributed by atoms with van der Waals surface area (Å²) in [6.07, 6.45) is 2.47. The molecule has 0 fully saturated rings. The predicted molar refractivity (Wildman–Crippen MR) is 76.3 cm³/mol. The van der Waals surface area contributed by atoms with Crippen molar-refractivity contribution in [1.29, 1.82) is 5.26 Å². The molecule has 2 aromatic heterocycles. The van der Waals surface area contributed by atoms with Gasteiger partial charge in [0.15, 0.2) is 0 Å². The normalized spacial score (nSPS) is 10.3. The second-order valence-corrected chi connectivity index (χ2v) is 4.63. The van der Waals surface area contributed by atoms with E-state index >= 15 is 0 Å². The Morgan fingerprint density at radius 1 is 1.40 bits per heavy atom. The molecule has 6 nitrogen and oxygen atoms in total. The van der Waals surface area contributed by atoms with E-state index in [1.807, 2.05) is 24.5 Å². The monoisotopic (exact) mass is 270 g/mol. The van der Waals surface area contributed by atoms with E-state index in [4.69, 9.17) is 0 Å². The van der Waals surface area contributed by atoms with Gasteiger partial charge in [0.05, 0.1) is 5.56 Å². The summed E-state index contributed by atoms with van der Waals surface area (Å²) in [6, 6.07) is 4.11. The molecular weight excluding hydrogens is 252 g/mol. The van der Waals surface area contributed by atoms with Gasteiger partial charge < -0.3 is 9.88 Å². The third-order valence-corrected chi connectivity index (χ3v) is 3.13. The fourth-order valence-corrected chi connectivity index (χ4v) is 2.14. The number of hydrogen-bond donors (Lipinski definition) is 1. The molecule has 104 valence electrons. The largest absolute Gasteiger partial charge is 0.369 e.